The second kappa shape index (κ2) is 20.9. The van der Waals surface area contributed by atoms with Gasteiger partial charge >= 0.3 is 0 Å². The maximum absolute atomic E-state index is 2.47. The molecule has 0 aliphatic heterocycles. The number of nitrogens with zero attached hydrogens (tertiary/aromatic N) is 2. The molecular weight excluding hydrogens is 448 g/mol. The lowest BCUT2D eigenvalue weighted by atomic mass is 10.0. The van der Waals surface area contributed by atoms with Crippen molar-refractivity contribution in [2.75, 3.05) is 18.0 Å². The number of anilines is 1. The molecule has 0 fully saturated rings. The fourth-order valence-electron chi connectivity index (χ4n) is 5.33. The van der Waals surface area contributed by atoms with Crippen molar-refractivity contribution in [3.8, 4) is 0 Å². The molecule has 0 bridgehead atoms. The van der Waals surface area contributed by atoms with Crippen LogP contribution in [0.15, 0.2) is 48.7 Å². The van der Waals surface area contributed by atoms with Crippen LogP contribution in [-0.4, -0.2) is 13.1 Å². The van der Waals surface area contributed by atoms with Crippen LogP contribution in [0.5, 0.6) is 0 Å². The van der Waals surface area contributed by atoms with Gasteiger partial charge in [0.1, 0.15) is 12.2 Å². The molecule has 0 N–H and O–H groups in total. The van der Waals surface area contributed by atoms with Gasteiger partial charge in [0.25, 0.3) is 0 Å². The Morgan fingerprint density at radius 1 is 0.568 bits per heavy atom. The number of hydrogen-bond acceptors (Lipinski definition) is 1. The van der Waals surface area contributed by atoms with E-state index in [1.165, 1.54) is 120 Å². The van der Waals surface area contributed by atoms with Gasteiger partial charge < -0.3 is 4.90 Å². The minimum absolute atomic E-state index is 1.03. The molecule has 1 aromatic carbocycles. The molecule has 2 nitrogen and oxygen atoms in total. The van der Waals surface area contributed by atoms with E-state index < -0.39 is 0 Å². The van der Waals surface area contributed by atoms with Gasteiger partial charge in [-0.25, -0.2) is 0 Å². The van der Waals surface area contributed by atoms with Gasteiger partial charge in [0.05, 0.1) is 0 Å². The first-order valence-electron chi connectivity index (χ1n) is 15.8. The Balaban J connectivity index is 1.67. The Hall–Kier alpha value is -2.09. The molecule has 37 heavy (non-hydrogen) atoms. The van der Waals surface area contributed by atoms with Crippen molar-refractivity contribution in [2.24, 2.45) is 0 Å². The highest BCUT2D eigenvalue weighted by atomic mass is 15.1. The minimum atomic E-state index is 1.03. The Labute approximate surface area is 230 Å². The van der Waals surface area contributed by atoms with Crippen molar-refractivity contribution in [1.82, 2.24) is 0 Å². The largest absolute Gasteiger partial charge is 0.367 e. The van der Waals surface area contributed by atoms with Gasteiger partial charge in [-0.2, -0.15) is 4.57 Å². The quantitative estimate of drug-likeness (QED) is 0.114. The summed E-state index contributed by atoms with van der Waals surface area (Å²) in [6.45, 7) is 9.97. The second-order valence-corrected chi connectivity index (χ2v) is 10.7. The lowest BCUT2D eigenvalue weighted by Crippen LogP contribution is -2.39. The van der Waals surface area contributed by atoms with Crippen molar-refractivity contribution >= 4 is 17.8 Å². The summed E-state index contributed by atoms with van der Waals surface area (Å²) < 4.78 is 2.47. The highest BCUT2D eigenvalue weighted by molar-refractivity contribution is 5.73. The highest BCUT2D eigenvalue weighted by Gasteiger charge is 2.17. The molecule has 0 atom stereocenters. The molecule has 0 spiro atoms. The second-order valence-electron chi connectivity index (χ2n) is 10.7. The predicted octanol–water partition coefficient (Wildman–Crippen LogP) is 10.3. The van der Waals surface area contributed by atoms with E-state index in [0.717, 1.165) is 19.6 Å². The smallest absolute Gasteiger partial charge is 0.228 e. The van der Waals surface area contributed by atoms with Crippen LogP contribution >= 0.6 is 0 Å². The Morgan fingerprint density at radius 3 is 1.59 bits per heavy atom. The highest BCUT2D eigenvalue weighted by Crippen LogP contribution is 2.20. The molecule has 0 unspecified atom stereocenters. The maximum Gasteiger partial charge on any atom is 0.228 e. The van der Waals surface area contributed by atoms with Crippen LogP contribution < -0.4 is 9.47 Å². The number of unbranched alkanes of at least 4 members (excludes halogenated alkanes) is 15. The topological polar surface area (TPSA) is 7.12 Å². The van der Waals surface area contributed by atoms with Crippen LogP contribution in [0.2, 0.25) is 0 Å². The monoisotopic (exact) mass is 505 g/mol. The first kappa shape index (κ1) is 31.1. The molecular formula is C35H57N2+. The molecule has 0 aliphatic carbocycles. The van der Waals surface area contributed by atoms with E-state index in [9.17, 15) is 0 Å². The average Bonchev–Trinajstić information content (AvgIpc) is 2.93. The predicted molar refractivity (Wildman–Crippen MR) is 165 cm³/mol. The third-order valence-electron chi connectivity index (χ3n) is 7.68. The fraction of sp³-hybridized carbons (Fsp3) is 0.629. The van der Waals surface area contributed by atoms with Crippen LogP contribution in [0.25, 0.3) is 12.2 Å². The van der Waals surface area contributed by atoms with Crippen LogP contribution in [0, 0.1) is 0 Å². The standard InChI is InChI=1S/C35H57N2/c1-4-7-8-9-10-11-12-13-14-15-16-17-18-19-20-24-31-37-32-25-28-34(36(5-2)6-3)35(37)30-29-33-26-22-21-23-27-33/h21-23,25-30,32H,4-20,24,31H2,1-3H3/q+1. The lowest BCUT2D eigenvalue weighted by molar-refractivity contribution is -0.698. The number of rotatable bonds is 22. The zero-order valence-corrected chi connectivity index (χ0v) is 24.6. The van der Waals surface area contributed by atoms with E-state index in [4.69, 9.17) is 0 Å². The van der Waals surface area contributed by atoms with Gasteiger partial charge in [-0.3, -0.25) is 0 Å². The number of hydrogen-bond donors (Lipinski definition) is 0. The van der Waals surface area contributed by atoms with Crippen LogP contribution in [-0.2, 0) is 6.54 Å². The summed E-state index contributed by atoms with van der Waals surface area (Å²) in [6.07, 6.45) is 29.5. The fourth-order valence-corrected chi connectivity index (χ4v) is 5.33. The third kappa shape index (κ3) is 13.3. The van der Waals surface area contributed by atoms with Gasteiger partial charge in [-0.15, -0.1) is 0 Å². The molecule has 0 saturated heterocycles. The van der Waals surface area contributed by atoms with Crippen molar-refractivity contribution in [3.63, 3.8) is 0 Å². The normalized spacial score (nSPS) is 11.4. The maximum atomic E-state index is 2.47. The lowest BCUT2D eigenvalue weighted by Gasteiger charge is -2.21. The number of benzene rings is 1. The zero-order chi connectivity index (χ0) is 26.4. The average molecular weight is 506 g/mol. The number of pyridine rings is 1. The Kier molecular flexibility index (Phi) is 17.6. The molecule has 206 valence electrons. The Morgan fingerprint density at radius 2 is 1.08 bits per heavy atom. The molecule has 0 saturated carbocycles. The van der Waals surface area contributed by atoms with E-state index >= 15 is 0 Å². The summed E-state index contributed by atoms with van der Waals surface area (Å²) in [4.78, 5) is 2.47. The molecule has 2 rings (SSSR count). The molecule has 2 heteroatoms. The van der Waals surface area contributed by atoms with Gasteiger partial charge in [0.15, 0.2) is 6.20 Å². The van der Waals surface area contributed by atoms with Crippen LogP contribution in [0.1, 0.15) is 135 Å². The van der Waals surface area contributed by atoms with Crippen LogP contribution in [0.3, 0.4) is 0 Å². The molecule has 2 aromatic rings. The molecule has 1 aromatic heterocycles. The van der Waals surface area contributed by atoms with Gasteiger partial charge in [0.2, 0.25) is 5.69 Å². The van der Waals surface area contributed by atoms with E-state index in [1.807, 2.05) is 0 Å². The summed E-state index contributed by atoms with van der Waals surface area (Å²) in [7, 11) is 0. The van der Waals surface area contributed by atoms with E-state index in [-0.39, 0.29) is 0 Å². The molecule has 1 heterocycles. The Bertz CT molecular complexity index is 822. The first-order valence-corrected chi connectivity index (χ1v) is 15.8. The minimum Gasteiger partial charge on any atom is -0.367 e. The molecule has 0 aliphatic rings. The third-order valence-corrected chi connectivity index (χ3v) is 7.68. The van der Waals surface area contributed by atoms with Gasteiger partial charge in [0, 0.05) is 31.7 Å². The van der Waals surface area contributed by atoms with Crippen molar-refractivity contribution in [1.29, 1.82) is 0 Å². The zero-order valence-electron chi connectivity index (χ0n) is 24.6. The summed E-state index contributed by atoms with van der Waals surface area (Å²) in [5.74, 6) is 0. The van der Waals surface area contributed by atoms with Gasteiger partial charge in [-0.05, 0) is 38.0 Å². The number of aryl methyl sites for hydroxylation is 1. The summed E-state index contributed by atoms with van der Waals surface area (Å²) >= 11 is 0. The molecule has 0 radical (unpaired) electrons. The van der Waals surface area contributed by atoms with Crippen molar-refractivity contribution < 1.29 is 4.57 Å². The summed E-state index contributed by atoms with van der Waals surface area (Å²) in [6, 6.07) is 15.2. The van der Waals surface area contributed by atoms with Crippen molar-refractivity contribution in [2.45, 2.75) is 130 Å². The first-order chi connectivity index (χ1) is 18.3. The van der Waals surface area contributed by atoms with E-state index in [2.05, 4.69) is 91.1 Å². The number of aromatic nitrogens is 1. The molecule has 0 amide bonds. The van der Waals surface area contributed by atoms with Crippen molar-refractivity contribution in [3.05, 3.63) is 59.9 Å². The van der Waals surface area contributed by atoms with Gasteiger partial charge in [-0.1, -0.05) is 127 Å². The summed E-state index contributed by atoms with van der Waals surface area (Å²) in [5, 5.41) is 0. The SMILES string of the molecule is CCCCCCCCCCCCCCCCCC[n+]1cccc(N(CC)CC)c1C=Cc1ccccc1. The van der Waals surface area contributed by atoms with E-state index in [0.29, 0.717) is 0 Å². The summed E-state index contributed by atoms with van der Waals surface area (Å²) in [5.41, 5.74) is 3.93. The van der Waals surface area contributed by atoms with Crippen LogP contribution in [0.4, 0.5) is 5.69 Å². The van der Waals surface area contributed by atoms with E-state index in [1.54, 1.807) is 0 Å².